The third-order valence-corrected chi connectivity index (χ3v) is 7.46. The number of halogens is 1. The number of nitrogens with zero attached hydrogens (tertiary/aromatic N) is 1. The van der Waals surface area contributed by atoms with Gasteiger partial charge in [-0.05, 0) is 67.8 Å². The summed E-state index contributed by atoms with van der Waals surface area (Å²) in [5, 5.41) is 46.5. The zero-order chi connectivity index (χ0) is 30.7. The molecular formula is C33H35FN2O6. The molecule has 4 rings (SSSR count). The number of anilines is 1. The molecule has 8 nitrogen and oxygen atoms in total. The van der Waals surface area contributed by atoms with Gasteiger partial charge in [0, 0.05) is 29.9 Å². The Morgan fingerprint density at radius 3 is 2.10 bits per heavy atom. The van der Waals surface area contributed by atoms with Crippen LogP contribution in [0, 0.1) is 5.82 Å². The number of nitrogens with one attached hydrogen (secondary N) is 1. The number of carboxylic acids is 1. The Hall–Kier alpha value is -4.47. The van der Waals surface area contributed by atoms with Gasteiger partial charge in [0.25, 0.3) is 5.91 Å². The van der Waals surface area contributed by atoms with E-state index in [2.05, 4.69) is 5.32 Å². The van der Waals surface area contributed by atoms with Gasteiger partial charge in [-0.2, -0.15) is 0 Å². The summed E-state index contributed by atoms with van der Waals surface area (Å²) < 4.78 is 15.5. The molecule has 1 amide bonds. The van der Waals surface area contributed by atoms with E-state index in [1.807, 2.05) is 44.2 Å². The van der Waals surface area contributed by atoms with Crippen molar-refractivity contribution in [3.63, 3.8) is 0 Å². The molecule has 4 aromatic rings. The number of rotatable bonds is 11. The number of carboxylic acid groups (broad SMARTS) is 1. The van der Waals surface area contributed by atoms with Gasteiger partial charge in [-0.25, -0.2) is 4.39 Å². The van der Waals surface area contributed by atoms with Crippen molar-refractivity contribution in [2.45, 2.75) is 57.3 Å². The Morgan fingerprint density at radius 2 is 1.55 bits per heavy atom. The minimum Gasteiger partial charge on any atom is -0.508 e. The molecule has 0 radical (unpaired) electrons. The molecule has 2 unspecified atom stereocenters. The molecule has 1 aromatic heterocycles. The zero-order valence-corrected chi connectivity index (χ0v) is 23.7. The van der Waals surface area contributed by atoms with Crippen molar-refractivity contribution in [2.75, 3.05) is 5.32 Å². The number of hydrogen-bond acceptors (Lipinski definition) is 5. The third kappa shape index (κ3) is 6.37. The van der Waals surface area contributed by atoms with Crippen LogP contribution in [-0.2, 0) is 16.0 Å². The van der Waals surface area contributed by atoms with Crippen LogP contribution in [0.1, 0.15) is 67.7 Å². The molecule has 2 atom stereocenters. The molecule has 9 heteroatoms. The van der Waals surface area contributed by atoms with Gasteiger partial charge < -0.3 is 30.3 Å². The van der Waals surface area contributed by atoms with Crippen molar-refractivity contribution < 1.29 is 34.4 Å². The van der Waals surface area contributed by atoms with Crippen molar-refractivity contribution in [3.8, 4) is 16.9 Å². The van der Waals surface area contributed by atoms with Crippen molar-refractivity contribution in [3.05, 3.63) is 108 Å². The summed E-state index contributed by atoms with van der Waals surface area (Å²) in [6, 6.07) is 19.7. The average molecular weight is 575 g/mol. The highest BCUT2D eigenvalue weighted by Crippen LogP contribution is 2.45. The molecule has 0 spiro atoms. The Morgan fingerprint density at radius 1 is 0.929 bits per heavy atom. The summed E-state index contributed by atoms with van der Waals surface area (Å²) in [6.07, 6.45) is 0.541. The molecule has 0 aliphatic carbocycles. The largest absolute Gasteiger partial charge is 0.508 e. The maximum atomic E-state index is 14.1. The van der Waals surface area contributed by atoms with Crippen molar-refractivity contribution in [2.24, 2.45) is 0 Å². The zero-order valence-electron chi connectivity index (χ0n) is 23.7. The minimum atomic E-state index is -2.10. The number of phenolic OH excluding ortho intramolecular Hbond substituents is 1. The summed E-state index contributed by atoms with van der Waals surface area (Å²) in [5.41, 5.74) is -1.86. The van der Waals surface area contributed by atoms with E-state index in [-0.39, 0.29) is 35.0 Å². The number of amides is 1. The summed E-state index contributed by atoms with van der Waals surface area (Å²) in [4.78, 5) is 26.0. The summed E-state index contributed by atoms with van der Waals surface area (Å²) in [5.74, 6) is -2.38. The molecule has 0 fully saturated rings. The Bertz CT molecular complexity index is 1550. The number of aromatic nitrogens is 1. The second kappa shape index (κ2) is 12.2. The normalized spacial score (nSPS) is 14.3. The van der Waals surface area contributed by atoms with E-state index in [4.69, 9.17) is 0 Å². The predicted molar refractivity (Wildman–Crippen MR) is 158 cm³/mol. The van der Waals surface area contributed by atoms with E-state index < -0.39 is 41.7 Å². The van der Waals surface area contributed by atoms with Crippen LogP contribution >= 0.6 is 0 Å². The van der Waals surface area contributed by atoms with Crippen LogP contribution in [0.3, 0.4) is 0 Å². The number of hydrogen-bond donors (Lipinski definition) is 5. The topological polar surface area (TPSA) is 132 Å². The molecule has 42 heavy (non-hydrogen) atoms. The van der Waals surface area contributed by atoms with Gasteiger partial charge in [-0.3, -0.25) is 9.59 Å². The van der Waals surface area contributed by atoms with Crippen LogP contribution in [0.2, 0.25) is 0 Å². The SMILES string of the molecule is CCC(O)(CC(O)(CC(=O)O)c1ccc(F)cc1)c1c(C(=O)Nc2ccc(O)cc2)c(-c2ccccc2)cn1C(C)C. The lowest BCUT2D eigenvalue weighted by Crippen LogP contribution is -2.41. The van der Waals surface area contributed by atoms with E-state index in [1.165, 1.54) is 24.3 Å². The van der Waals surface area contributed by atoms with Crippen molar-refractivity contribution in [1.29, 1.82) is 0 Å². The monoisotopic (exact) mass is 574 g/mol. The molecule has 220 valence electrons. The lowest BCUT2D eigenvalue weighted by molar-refractivity contribution is -0.147. The lowest BCUT2D eigenvalue weighted by Gasteiger charge is -2.38. The van der Waals surface area contributed by atoms with Gasteiger partial charge >= 0.3 is 5.97 Å². The highest BCUT2D eigenvalue weighted by Gasteiger charge is 2.46. The van der Waals surface area contributed by atoms with Gasteiger partial charge in [-0.1, -0.05) is 49.4 Å². The number of carbonyl (C=O) groups is 2. The van der Waals surface area contributed by atoms with E-state index in [9.17, 15) is 34.4 Å². The number of phenols is 1. The standard InChI is InChI=1S/C33H35FN2O6/c1-4-32(41,20-33(42,18-28(38)39)23-10-12-24(34)13-11-23)30-29(31(40)35-25-14-16-26(37)17-15-25)27(19-36(30)21(2)3)22-8-6-5-7-9-22/h5-17,19,21,37,41-42H,4,18,20H2,1-3H3,(H,35,40)(H,38,39). The Kier molecular flexibility index (Phi) is 8.84. The second-order valence-electron chi connectivity index (χ2n) is 10.8. The van der Waals surface area contributed by atoms with Crippen LogP contribution in [0.25, 0.3) is 11.1 Å². The summed E-state index contributed by atoms with van der Waals surface area (Å²) >= 11 is 0. The second-order valence-corrected chi connectivity index (χ2v) is 10.8. The smallest absolute Gasteiger partial charge is 0.306 e. The first kappa shape index (κ1) is 30.5. The van der Waals surface area contributed by atoms with Crippen LogP contribution in [0.5, 0.6) is 5.75 Å². The van der Waals surface area contributed by atoms with Gasteiger partial charge in [0.05, 0.1) is 17.7 Å². The van der Waals surface area contributed by atoms with Crippen LogP contribution in [-0.4, -0.2) is 36.9 Å². The number of aliphatic carboxylic acids is 1. The highest BCUT2D eigenvalue weighted by atomic mass is 19.1. The maximum Gasteiger partial charge on any atom is 0.306 e. The van der Waals surface area contributed by atoms with Crippen LogP contribution < -0.4 is 5.32 Å². The van der Waals surface area contributed by atoms with Crippen molar-refractivity contribution in [1.82, 2.24) is 4.57 Å². The lowest BCUT2D eigenvalue weighted by atomic mass is 9.76. The molecule has 0 aliphatic heterocycles. The fourth-order valence-electron chi connectivity index (χ4n) is 5.35. The number of benzene rings is 3. The van der Waals surface area contributed by atoms with Gasteiger partial charge in [-0.15, -0.1) is 0 Å². The van der Waals surface area contributed by atoms with Crippen molar-refractivity contribution >= 4 is 17.6 Å². The fraction of sp³-hybridized carbons (Fsp3) is 0.273. The predicted octanol–water partition coefficient (Wildman–Crippen LogP) is 6.18. The first-order valence-corrected chi connectivity index (χ1v) is 13.7. The fourth-order valence-corrected chi connectivity index (χ4v) is 5.35. The van der Waals surface area contributed by atoms with Gasteiger partial charge in [0.2, 0.25) is 0 Å². The summed E-state index contributed by atoms with van der Waals surface area (Å²) in [7, 11) is 0. The number of aromatic hydroxyl groups is 1. The summed E-state index contributed by atoms with van der Waals surface area (Å²) in [6.45, 7) is 5.46. The Balaban J connectivity index is 1.95. The maximum absolute atomic E-state index is 14.1. The van der Waals surface area contributed by atoms with Gasteiger partial charge in [0.15, 0.2) is 0 Å². The molecule has 5 N–H and O–H groups in total. The molecule has 0 aliphatic rings. The highest BCUT2D eigenvalue weighted by molar-refractivity contribution is 6.10. The molecular weight excluding hydrogens is 539 g/mol. The molecule has 0 bridgehead atoms. The molecule has 3 aromatic carbocycles. The van der Waals surface area contributed by atoms with Crippen LogP contribution in [0.15, 0.2) is 85.1 Å². The van der Waals surface area contributed by atoms with Gasteiger partial charge in [0.1, 0.15) is 22.8 Å². The first-order valence-electron chi connectivity index (χ1n) is 13.7. The minimum absolute atomic E-state index is 0.0145. The third-order valence-electron chi connectivity index (χ3n) is 7.46. The molecule has 0 saturated heterocycles. The quantitative estimate of drug-likeness (QED) is 0.136. The Labute approximate surface area is 243 Å². The molecule has 0 saturated carbocycles. The van der Waals surface area contributed by atoms with Crippen LogP contribution in [0.4, 0.5) is 10.1 Å². The average Bonchev–Trinajstić information content (AvgIpc) is 3.37. The number of aliphatic hydroxyl groups is 2. The number of carbonyl (C=O) groups excluding carboxylic acids is 1. The first-order chi connectivity index (χ1) is 19.9. The van der Waals surface area contributed by atoms with E-state index >= 15 is 0 Å². The van der Waals surface area contributed by atoms with E-state index in [1.54, 1.807) is 29.8 Å². The van der Waals surface area contributed by atoms with E-state index in [0.29, 0.717) is 16.8 Å². The van der Waals surface area contributed by atoms with E-state index in [0.717, 1.165) is 12.1 Å². The molecule has 1 heterocycles.